The Hall–Kier alpha value is -1.55. The van der Waals surface area contributed by atoms with Crippen LogP contribution in [0.1, 0.15) is 20.3 Å². The first kappa shape index (κ1) is 14.5. The number of allylic oxidation sites excluding steroid dienone is 4. The molecular weight excluding hydrogens is 230 g/mol. The summed E-state index contributed by atoms with van der Waals surface area (Å²) in [6.07, 6.45) is 8.12. The molecular formula is C14H21NO3. The Morgan fingerprint density at radius 3 is 2.50 bits per heavy atom. The summed E-state index contributed by atoms with van der Waals surface area (Å²) in [6.45, 7) is 5.76. The van der Waals surface area contributed by atoms with E-state index in [0.717, 1.165) is 12.1 Å². The molecule has 0 spiro atoms. The van der Waals surface area contributed by atoms with Crippen LogP contribution in [0.25, 0.3) is 0 Å². The number of carboxylic acids is 1. The fraction of sp³-hybridized carbons (Fsp3) is 0.500. The minimum absolute atomic E-state index is 0.226. The van der Waals surface area contributed by atoms with Crippen molar-refractivity contribution in [2.75, 3.05) is 19.6 Å². The van der Waals surface area contributed by atoms with E-state index in [1.54, 1.807) is 6.08 Å². The van der Waals surface area contributed by atoms with Crippen LogP contribution < -0.4 is 0 Å². The Balaban J connectivity index is 2.53. The van der Waals surface area contributed by atoms with E-state index in [0.29, 0.717) is 25.3 Å². The average Bonchev–Trinajstić information content (AvgIpc) is 2.28. The molecule has 0 amide bonds. The monoisotopic (exact) mass is 251 g/mol. The van der Waals surface area contributed by atoms with E-state index < -0.39 is 5.97 Å². The number of aliphatic hydroxyl groups excluding tert-OH is 1. The van der Waals surface area contributed by atoms with E-state index in [9.17, 15) is 9.90 Å². The van der Waals surface area contributed by atoms with E-state index in [1.807, 2.05) is 32.1 Å². The van der Waals surface area contributed by atoms with E-state index in [2.05, 4.69) is 4.90 Å². The third kappa shape index (κ3) is 4.37. The molecule has 4 heteroatoms. The summed E-state index contributed by atoms with van der Waals surface area (Å²) in [5, 5.41) is 18.2. The largest absolute Gasteiger partial charge is 0.512 e. The van der Waals surface area contributed by atoms with Crippen LogP contribution in [0.15, 0.2) is 35.6 Å². The smallest absolute Gasteiger partial charge is 0.309 e. The van der Waals surface area contributed by atoms with Gasteiger partial charge >= 0.3 is 5.97 Å². The molecule has 0 aliphatic carbocycles. The van der Waals surface area contributed by atoms with Gasteiger partial charge in [0.25, 0.3) is 0 Å². The normalized spacial score (nSPS) is 19.2. The first-order valence-electron chi connectivity index (χ1n) is 6.23. The molecule has 2 N–H and O–H groups in total. The summed E-state index contributed by atoms with van der Waals surface area (Å²) < 4.78 is 0. The fourth-order valence-corrected chi connectivity index (χ4v) is 1.81. The molecule has 1 aliphatic rings. The fourth-order valence-electron chi connectivity index (χ4n) is 1.81. The Morgan fingerprint density at radius 1 is 1.33 bits per heavy atom. The van der Waals surface area contributed by atoms with Crippen molar-refractivity contribution in [3.05, 3.63) is 35.6 Å². The van der Waals surface area contributed by atoms with Gasteiger partial charge in [-0.25, -0.2) is 0 Å². The van der Waals surface area contributed by atoms with E-state index >= 15 is 0 Å². The summed E-state index contributed by atoms with van der Waals surface area (Å²) in [5.41, 5.74) is 1.07. The van der Waals surface area contributed by atoms with Crippen molar-refractivity contribution in [3.63, 3.8) is 0 Å². The lowest BCUT2D eigenvalue weighted by Gasteiger charge is -2.36. The lowest BCUT2D eigenvalue weighted by atomic mass is 9.99. The van der Waals surface area contributed by atoms with Crippen LogP contribution in [-0.2, 0) is 4.79 Å². The predicted octanol–water partition coefficient (Wildman–Crippen LogP) is 2.36. The Bertz CT molecular complexity index is 377. The van der Waals surface area contributed by atoms with Gasteiger partial charge in [-0.1, -0.05) is 25.2 Å². The Morgan fingerprint density at radius 2 is 2.00 bits per heavy atom. The molecule has 0 unspecified atom stereocenters. The number of aliphatic carboxylic acids is 1. The van der Waals surface area contributed by atoms with Crippen molar-refractivity contribution in [2.24, 2.45) is 5.92 Å². The number of rotatable bonds is 6. The third-order valence-electron chi connectivity index (χ3n) is 2.95. The molecule has 0 bridgehead atoms. The predicted molar refractivity (Wildman–Crippen MR) is 71.5 cm³/mol. The van der Waals surface area contributed by atoms with Gasteiger partial charge in [0.2, 0.25) is 0 Å². The van der Waals surface area contributed by atoms with Gasteiger partial charge in [0.05, 0.1) is 11.7 Å². The molecule has 100 valence electrons. The van der Waals surface area contributed by atoms with Crippen molar-refractivity contribution < 1.29 is 15.0 Å². The van der Waals surface area contributed by atoms with E-state index in [1.165, 1.54) is 0 Å². The maximum atomic E-state index is 10.7. The lowest BCUT2D eigenvalue weighted by molar-refractivity contribution is -0.147. The number of hydrogen-bond donors (Lipinski definition) is 2. The molecule has 0 atom stereocenters. The van der Waals surface area contributed by atoms with Crippen molar-refractivity contribution in [3.8, 4) is 0 Å². The van der Waals surface area contributed by atoms with Crippen LogP contribution >= 0.6 is 0 Å². The highest BCUT2D eigenvalue weighted by Gasteiger charge is 2.32. The van der Waals surface area contributed by atoms with Crippen molar-refractivity contribution in [2.45, 2.75) is 20.3 Å². The number of nitrogens with zero attached hydrogens (tertiary/aromatic N) is 1. The first-order valence-corrected chi connectivity index (χ1v) is 6.23. The van der Waals surface area contributed by atoms with Crippen molar-refractivity contribution in [1.82, 2.24) is 4.90 Å². The zero-order valence-corrected chi connectivity index (χ0v) is 11.0. The summed E-state index contributed by atoms with van der Waals surface area (Å²) in [6, 6.07) is 0. The first-order chi connectivity index (χ1) is 8.56. The SMILES string of the molecule is C/C=C/C(=C\C=C(\O)CC)CN1CC(C(=O)O)C1. The van der Waals surface area contributed by atoms with Crippen LogP contribution in [0.2, 0.25) is 0 Å². The summed E-state index contributed by atoms with van der Waals surface area (Å²) >= 11 is 0. The highest BCUT2D eigenvalue weighted by atomic mass is 16.4. The maximum Gasteiger partial charge on any atom is 0.309 e. The van der Waals surface area contributed by atoms with Gasteiger partial charge in [-0.05, 0) is 18.6 Å². The molecule has 0 saturated carbocycles. The highest BCUT2D eigenvalue weighted by molar-refractivity contribution is 5.71. The summed E-state index contributed by atoms with van der Waals surface area (Å²) in [4.78, 5) is 12.8. The van der Waals surface area contributed by atoms with Crippen LogP contribution in [0.3, 0.4) is 0 Å². The standard InChI is InChI=1S/C14H21NO3/c1-3-5-11(6-7-13(16)4-2)8-15-9-12(10-15)14(17)18/h3,5-7,12,16H,4,8-10H2,1-2H3,(H,17,18)/b5-3+,11-6+,13-7+. The molecule has 1 heterocycles. The van der Waals surface area contributed by atoms with Gasteiger partial charge in [-0.2, -0.15) is 0 Å². The quantitative estimate of drug-likeness (QED) is 0.562. The zero-order valence-electron chi connectivity index (χ0n) is 11.0. The second kappa shape index (κ2) is 7.01. The number of hydrogen-bond acceptors (Lipinski definition) is 3. The second-order valence-corrected chi connectivity index (χ2v) is 4.48. The van der Waals surface area contributed by atoms with Crippen LogP contribution in [0, 0.1) is 5.92 Å². The van der Waals surface area contributed by atoms with Gasteiger partial charge in [-0.15, -0.1) is 0 Å². The number of carbonyl (C=O) groups is 1. The van der Waals surface area contributed by atoms with Crippen LogP contribution in [0.5, 0.6) is 0 Å². The second-order valence-electron chi connectivity index (χ2n) is 4.48. The van der Waals surface area contributed by atoms with Crippen LogP contribution in [-0.4, -0.2) is 40.7 Å². The minimum Gasteiger partial charge on any atom is -0.512 e. The van der Waals surface area contributed by atoms with Gasteiger partial charge in [0.15, 0.2) is 0 Å². The molecule has 0 aromatic rings. The summed E-state index contributed by atoms with van der Waals surface area (Å²) in [7, 11) is 0. The Labute approximate surface area is 108 Å². The van der Waals surface area contributed by atoms with Crippen molar-refractivity contribution >= 4 is 5.97 Å². The van der Waals surface area contributed by atoms with Crippen molar-refractivity contribution in [1.29, 1.82) is 0 Å². The number of likely N-dealkylation sites (tertiary alicyclic amines) is 1. The average molecular weight is 251 g/mol. The number of carboxylic acid groups (broad SMARTS) is 1. The topological polar surface area (TPSA) is 60.8 Å². The molecule has 1 fully saturated rings. The molecule has 0 aromatic heterocycles. The molecule has 1 saturated heterocycles. The molecule has 4 nitrogen and oxygen atoms in total. The minimum atomic E-state index is -0.716. The highest BCUT2D eigenvalue weighted by Crippen LogP contribution is 2.17. The van der Waals surface area contributed by atoms with E-state index in [-0.39, 0.29) is 5.92 Å². The van der Waals surface area contributed by atoms with E-state index in [4.69, 9.17) is 5.11 Å². The van der Waals surface area contributed by atoms with Crippen LogP contribution in [0.4, 0.5) is 0 Å². The summed E-state index contributed by atoms with van der Waals surface area (Å²) in [5.74, 6) is -0.591. The maximum absolute atomic E-state index is 10.7. The molecule has 0 radical (unpaired) electrons. The number of aliphatic hydroxyl groups is 1. The molecule has 1 aliphatic heterocycles. The molecule has 18 heavy (non-hydrogen) atoms. The van der Waals surface area contributed by atoms with Gasteiger partial charge in [-0.3, -0.25) is 9.69 Å². The van der Waals surface area contributed by atoms with Gasteiger partial charge in [0, 0.05) is 26.1 Å². The molecule has 1 rings (SSSR count). The molecule has 0 aromatic carbocycles. The third-order valence-corrected chi connectivity index (χ3v) is 2.95. The lowest BCUT2D eigenvalue weighted by Crippen LogP contribution is -2.50. The Kier molecular flexibility index (Phi) is 5.65. The van der Waals surface area contributed by atoms with Gasteiger partial charge in [0.1, 0.15) is 0 Å². The van der Waals surface area contributed by atoms with Gasteiger partial charge < -0.3 is 10.2 Å². The zero-order chi connectivity index (χ0) is 13.5.